The fraction of sp³-hybridized carbons (Fsp3) is 0.133. The molecule has 7 nitrogen and oxygen atoms in total. The van der Waals surface area contributed by atoms with Crippen LogP contribution in [0.5, 0.6) is 11.5 Å². The van der Waals surface area contributed by atoms with Crippen LogP contribution in [0.2, 0.25) is 10.0 Å². The lowest BCUT2D eigenvalue weighted by Gasteiger charge is -2.16. The molecule has 0 aliphatic carbocycles. The molecule has 0 spiro atoms. The first kappa shape index (κ1) is 19.2. The number of carboxylic acid groups (broad SMARTS) is 1. The number of methoxy groups -OCH3 is 2. The van der Waals surface area contributed by atoms with Crippen molar-refractivity contribution in [2.75, 3.05) is 18.9 Å². The number of sulfonamides is 1. The molecule has 134 valence electrons. The Hall–Kier alpha value is -2.16. The van der Waals surface area contributed by atoms with Crippen molar-refractivity contribution in [2.45, 2.75) is 4.90 Å². The maximum Gasteiger partial charge on any atom is 0.335 e. The van der Waals surface area contributed by atoms with Crippen LogP contribution in [0.15, 0.2) is 35.2 Å². The average Bonchev–Trinajstić information content (AvgIpc) is 2.52. The summed E-state index contributed by atoms with van der Waals surface area (Å²) in [6.45, 7) is 0. The molecule has 2 N–H and O–H groups in total. The third-order valence-corrected chi connectivity index (χ3v) is 4.90. The zero-order valence-corrected chi connectivity index (χ0v) is 15.4. The first-order valence-corrected chi connectivity index (χ1v) is 8.90. The van der Waals surface area contributed by atoms with Gasteiger partial charge in [-0.25, -0.2) is 13.2 Å². The third-order valence-electron chi connectivity index (χ3n) is 3.12. The van der Waals surface area contributed by atoms with Gasteiger partial charge in [0.05, 0.1) is 30.4 Å². The molecule has 0 saturated carbocycles. The van der Waals surface area contributed by atoms with Gasteiger partial charge in [-0.05, 0) is 30.3 Å². The number of rotatable bonds is 6. The lowest BCUT2D eigenvalue weighted by molar-refractivity contribution is 0.0696. The number of carbonyl (C=O) groups is 1. The minimum absolute atomic E-state index is 0.0317. The van der Waals surface area contributed by atoms with E-state index in [-0.39, 0.29) is 37.7 Å². The molecule has 10 heteroatoms. The van der Waals surface area contributed by atoms with Gasteiger partial charge in [-0.1, -0.05) is 23.2 Å². The Kier molecular flexibility index (Phi) is 5.66. The lowest BCUT2D eigenvalue weighted by Crippen LogP contribution is -2.15. The molecular weight excluding hydrogens is 393 g/mol. The highest BCUT2D eigenvalue weighted by Crippen LogP contribution is 2.38. The topological polar surface area (TPSA) is 102 Å². The van der Waals surface area contributed by atoms with Gasteiger partial charge in [0.15, 0.2) is 11.5 Å². The number of halogens is 2. The molecule has 0 fully saturated rings. The van der Waals surface area contributed by atoms with E-state index in [1.54, 1.807) is 0 Å². The number of benzene rings is 2. The van der Waals surface area contributed by atoms with Gasteiger partial charge in [0.25, 0.3) is 10.0 Å². The molecule has 0 heterocycles. The van der Waals surface area contributed by atoms with E-state index < -0.39 is 16.0 Å². The maximum absolute atomic E-state index is 12.6. The van der Waals surface area contributed by atoms with Crippen LogP contribution in [0, 0.1) is 0 Å². The van der Waals surface area contributed by atoms with E-state index in [9.17, 15) is 18.3 Å². The first-order chi connectivity index (χ1) is 11.7. The normalized spacial score (nSPS) is 11.0. The summed E-state index contributed by atoms with van der Waals surface area (Å²) in [6.07, 6.45) is 0. The maximum atomic E-state index is 12.6. The monoisotopic (exact) mass is 405 g/mol. The quantitative estimate of drug-likeness (QED) is 0.761. The van der Waals surface area contributed by atoms with Crippen molar-refractivity contribution in [1.82, 2.24) is 0 Å². The number of carboxylic acids is 1. The van der Waals surface area contributed by atoms with Gasteiger partial charge in [0, 0.05) is 10.0 Å². The number of hydrogen-bond acceptors (Lipinski definition) is 5. The predicted molar refractivity (Wildman–Crippen MR) is 93.8 cm³/mol. The van der Waals surface area contributed by atoms with E-state index in [0.29, 0.717) is 0 Å². The second-order valence-electron chi connectivity index (χ2n) is 4.78. The van der Waals surface area contributed by atoms with Crippen molar-refractivity contribution in [2.24, 2.45) is 0 Å². The van der Waals surface area contributed by atoms with Gasteiger partial charge in [-0.15, -0.1) is 0 Å². The van der Waals surface area contributed by atoms with Crippen LogP contribution in [0.4, 0.5) is 5.69 Å². The van der Waals surface area contributed by atoms with E-state index in [4.69, 9.17) is 32.7 Å². The smallest absolute Gasteiger partial charge is 0.335 e. The Morgan fingerprint density at radius 2 is 1.64 bits per heavy atom. The molecule has 2 aromatic carbocycles. The molecule has 25 heavy (non-hydrogen) atoms. The first-order valence-electron chi connectivity index (χ1n) is 6.66. The van der Waals surface area contributed by atoms with E-state index in [1.165, 1.54) is 38.5 Å². The second-order valence-corrected chi connectivity index (χ2v) is 7.33. The number of aromatic carboxylic acids is 1. The zero-order chi connectivity index (χ0) is 18.8. The van der Waals surface area contributed by atoms with Crippen molar-refractivity contribution in [3.63, 3.8) is 0 Å². The van der Waals surface area contributed by atoms with E-state index in [1.807, 2.05) is 0 Å². The third kappa shape index (κ3) is 4.28. The van der Waals surface area contributed by atoms with Crippen LogP contribution in [0.1, 0.15) is 10.4 Å². The van der Waals surface area contributed by atoms with E-state index >= 15 is 0 Å². The highest BCUT2D eigenvalue weighted by atomic mass is 35.5. The van der Waals surface area contributed by atoms with Crippen molar-refractivity contribution in [1.29, 1.82) is 0 Å². The molecule has 0 unspecified atom stereocenters. The Morgan fingerprint density at radius 1 is 1.04 bits per heavy atom. The molecule has 0 radical (unpaired) electrons. The average molecular weight is 406 g/mol. The minimum Gasteiger partial charge on any atom is -0.493 e. The number of anilines is 1. The van der Waals surface area contributed by atoms with Crippen LogP contribution < -0.4 is 14.2 Å². The minimum atomic E-state index is -4.11. The Bertz CT molecular complexity index is 910. The Labute approximate surface area is 154 Å². The van der Waals surface area contributed by atoms with Crippen molar-refractivity contribution < 1.29 is 27.8 Å². The van der Waals surface area contributed by atoms with Crippen molar-refractivity contribution >= 4 is 44.9 Å². The van der Waals surface area contributed by atoms with Gasteiger partial charge in [0.1, 0.15) is 0 Å². The van der Waals surface area contributed by atoms with Crippen LogP contribution in [-0.2, 0) is 10.0 Å². The highest BCUT2D eigenvalue weighted by molar-refractivity contribution is 7.92. The second kappa shape index (κ2) is 7.38. The summed E-state index contributed by atoms with van der Waals surface area (Å²) in [5.74, 6) is -1.17. The van der Waals surface area contributed by atoms with E-state index in [0.717, 1.165) is 6.07 Å². The summed E-state index contributed by atoms with van der Waals surface area (Å²) in [5.41, 5.74) is -0.283. The summed E-state index contributed by atoms with van der Waals surface area (Å²) in [7, 11) is -1.50. The number of hydrogen-bond donors (Lipinski definition) is 2. The molecular formula is C15H13Cl2NO6S. The van der Waals surface area contributed by atoms with Gasteiger partial charge >= 0.3 is 5.97 Å². The number of nitrogens with one attached hydrogen (secondary N) is 1. The summed E-state index contributed by atoms with van der Waals surface area (Å²) >= 11 is 11.7. The molecule has 2 rings (SSSR count). The van der Waals surface area contributed by atoms with Crippen LogP contribution >= 0.6 is 23.2 Å². The standard InChI is InChI=1S/C15H13Cl2NO6S/c1-23-13-4-8(15(19)20)3-12(14(13)24-2)18-25(21,22)11-6-9(16)5-10(17)7-11/h3-7,18H,1-2H3,(H,19,20). The highest BCUT2D eigenvalue weighted by Gasteiger charge is 2.22. The predicted octanol–water partition coefficient (Wildman–Crippen LogP) is 3.51. The van der Waals surface area contributed by atoms with Gasteiger partial charge in [-0.2, -0.15) is 0 Å². The molecule has 0 atom stereocenters. The van der Waals surface area contributed by atoms with Crippen LogP contribution in [0.3, 0.4) is 0 Å². The lowest BCUT2D eigenvalue weighted by atomic mass is 10.1. The molecule has 0 aromatic heterocycles. The summed E-state index contributed by atoms with van der Waals surface area (Å²) < 4.78 is 37.6. The van der Waals surface area contributed by atoms with Crippen molar-refractivity contribution in [3.05, 3.63) is 45.9 Å². The molecule has 0 amide bonds. The summed E-state index contributed by atoms with van der Waals surface area (Å²) in [6, 6.07) is 6.14. The molecule has 0 saturated heterocycles. The van der Waals surface area contributed by atoms with Crippen molar-refractivity contribution in [3.8, 4) is 11.5 Å². The van der Waals surface area contributed by atoms with E-state index in [2.05, 4.69) is 4.72 Å². The molecule has 0 bridgehead atoms. The van der Waals surface area contributed by atoms with Crippen LogP contribution in [0.25, 0.3) is 0 Å². The van der Waals surface area contributed by atoms with Crippen LogP contribution in [-0.4, -0.2) is 33.7 Å². The zero-order valence-electron chi connectivity index (χ0n) is 13.0. The fourth-order valence-electron chi connectivity index (χ4n) is 2.05. The Morgan fingerprint density at radius 3 is 2.12 bits per heavy atom. The molecule has 2 aromatic rings. The van der Waals surface area contributed by atoms with Gasteiger partial charge < -0.3 is 14.6 Å². The van der Waals surface area contributed by atoms with Gasteiger partial charge in [0.2, 0.25) is 0 Å². The largest absolute Gasteiger partial charge is 0.493 e. The summed E-state index contributed by atoms with van der Waals surface area (Å²) in [5, 5.41) is 9.44. The summed E-state index contributed by atoms with van der Waals surface area (Å²) in [4.78, 5) is 11.0. The van der Waals surface area contributed by atoms with Gasteiger partial charge in [-0.3, -0.25) is 4.72 Å². The molecule has 0 aliphatic heterocycles. The number of ether oxygens (including phenoxy) is 2. The Balaban J connectivity index is 2.57. The molecule has 0 aliphatic rings. The fourth-order valence-corrected chi connectivity index (χ4v) is 3.83. The SMILES string of the molecule is COc1cc(C(=O)O)cc(NS(=O)(=O)c2cc(Cl)cc(Cl)c2)c1OC.